The number of nitrogens with two attached hydrogens (primary N) is 1. The maximum Gasteiger partial charge on any atom is 0.126 e. The molecule has 0 spiro atoms. The van der Waals surface area contributed by atoms with Crippen LogP contribution in [-0.4, -0.2) is 9.78 Å². The number of halogens is 2. The van der Waals surface area contributed by atoms with Crippen LogP contribution in [0.1, 0.15) is 17.3 Å². The Balaban J connectivity index is 2.03. The molecule has 0 saturated carbocycles. The fraction of sp³-hybridized carbons (Fsp3) is 0.0625. The van der Waals surface area contributed by atoms with Gasteiger partial charge in [-0.25, -0.2) is 13.5 Å². The first-order valence-corrected chi connectivity index (χ1v) is 6.46. The Hall–Kier alpha value is -2.53. The molecule has 0 radical (unpaired) electrons. The van der Waals surface area contributed by atoms with E-state index in [0.29, 0.717) is 11.3 Å². The molecule has 0 aliphatic rings. The second-order valence-electron chi connectivity index (χ2n) is 4.68. The van der Waals surface area contributed by atoms with Gasteiger partial charge >= 0.3 is 0 Å². The van der Waals surface area contributed by atoms with Crippen molar-refractivity contribution in [2.45, 2.75) is 6.04 Å². The smallest absolute Gasteiger partial charge is 0.126 e. The quantitative estimate of drug-likeness (QED) is 0.803. The number of rotatable bonds is 3. The van der Waals surface area contributed by atoms with E-state index in [4.69, 9.17) is 5.73 Å². The minimum atomic E-state index is -0.669. The third-order valence-electron chi connectivity index (χ3n) is 3.24. The van der Waals surface area contributed by atoms with Crippen molar-refractivity contribution in [2.24, 2.45) is 5.73 Å². The Morgan fingerprint density at radius 1 is 0.952 bits per heavy atom. The van der Waals surface area contributed by atoms with Gasteiger partial charge in [-0.15, -0.1) is 0 Å². The Kier molecular flexibility index (Phi) is 3.50. The Labute approximate surface area is 120 Å². The van der Waals surface area contributed by atoms with E-state index in [1.165, 1.54) is 12.1 Å². The number of hydrogen-bond acceptors (Lipinski definition) is 2. The largest absolute Gasteiger partial charge is 0.319 e. The lowest BCUT2D eigenvalue weighted by molar-refractivity contribution is 0.576. The van der Waals surface area contributed by atoms with Crippen LogP contribution in [0.4, 0.5) is 8.78 Å². The zero-order chi connectivity index (χ0) is 14.8. The molecule has 0 amide bonds. The van der Waals surface area contributed by atoms with E-state index in [0.717, 1.165) is 11.8 Å². The standard InChI is InChI=1S/C16H13F2N3/c17-12-8-11(9-13(18)10-12)16(19)15-6-7-20-21(15)14-4-2-1-3-5-14/h1-10,16H,19H2. The predicted octanol–water partition coefficient (Wildman–Crippen LogP) is 3.20. The summed E-state index contributed by atoms with van der Waals surface area (Å²) in [5, 5.41) is 4.23. The second kappa shape index (κ2) is 5.46. The summed E-state index contributed by atoms with van der Waals surface area (Å²) in [5.41, 5.74) is 8.00. The van der Waals surface area contributed by atoms with Crippen LogP contribution in [0.25, 0.3) is 5.69 Å². The lowest BCUT2D eigenvalue weighted by Crippen LogP contribution is -2.17. The zero-order valence-corrected chi connectivity index (χ0v) is 11.1. The average molecular weight is 285 g/mol. The first-order valence-electron chi connectivity index (χ1n) is 6.46. The van der Waals surface area contributed by atoms with E-state index < -0.39 is 17.7 Å². The van der Waals surface area contributed by atoms with Crippen molar-refractivity contribution in [3.8, 4) is 5.69 Å². The average Bonchev–Trinajstić information content (AvgIpc) is 2.95. The lowest BCUT2D eigenvalue weighted by atomic mass is 10.0. The molecule has 0 aliphatic carbocycles. The maximum absolute atomic E-state index is 13.3. The van der Waals surface area contributed by atoms with E-state index in [-0.39, 0.29) is 0 Å². The molecule has 3 aromatic rings. The molecule has 1 atom stereocenters. The van der Waals surface area contributed by atoms with Crippen LogP contribution in [0.3, 0.4) is 0 Å². The summed E-state index contributed by atoms with van der Waals surface area (Å²) in [5.74, 6) is -1.29. The molecule has 5 heteroatoms. The Morgan fingerprint density at radius 2 is 1.62 bits per heavy atom. The van der Waals surface area contributed by atoms with Gasteiger partial charge in [0.1, 0.15) is 11.6 Å². The lowest BCUT2D eigenvalue weighted by Gasteiger charge is -2.15. The zero-order valence-electron chi connectivity index (χ0n) is 11.1. The molecule has 1 aromatic heterocycles. The molecule has 0 fully saturated rings. The van der Waals surface area contributed by atoms with Crippen molar-refractivity contribution >= 4 is 0 Å². The van der Waals surface area contributed by atoms with Crippen LogP contribution < -0.4 is 5.73 Å². The molecule has 21 heavy (non-hydrogen) atoms. The van der Waals surface area contributed by atoms with Crippen LogP contribution in [0.2, 0.25) is 0 Å². The number of aromatic nitrogens is 2. The first-order chi connectivity index (χ1) is 10.1. The van der Waals surface area contributed by atoms with Crippen molar-refractivity contribution in [3.05, 3.63) is 83.7 Å². The summed E-state index contributed by atoms with van der Waals surface area (Å²) in [4.78, 5) is 0. The summed E-state index contributed by atoms with van der Waals surface area (Å²) in [6.07, 6.45) is 1.61. The highest BCUT2D eigenvalue weighted by molar-refractivity contribution is 5.36. The highest BCUT2D eigenvalue weighted by atomic mass is 19.1. The van der Waals surface area contributed by atoms with Crippen LogP contribution in [0, 0.1) is 11.6 Å². The third kappa shape index (κ3) is 2.68. The van der Waals surface area contributed by atoms with E-state index in [1.807, 2.05) is 30.3 Å². The highest BCUT2D eigenvalue weighted by Crippen LogP contribution is 2.23. The second-order valence-corrected chi connectivity index (χ2v) is 4.68. The van der Waals surface area contributed by atoms with E-state index >= 15 is 0 Å². The summed E-state index contributed by atoms with van der Waals surface area (Å²) >= 11 is 0. The van der Waals surface area contributed by atoms with Gasteiger partial charge in [0.25, 0.3) is 0 Å². The highest BCUT2D eigenvalue weighted by Gasteiger charge is 2.16. The van der Waals surface area contributed by atoms with Crippen LogP contribution in [-0.2, 0) is 0 Å². The fourth-order valence-corrected chi connectivity index (χ4v) is 2.26. The van der Waals surface area contributed by atoms with Crippen LogP contribution >= 0.6 is 0 Å². The SMILES string of the molecule is NC(c1cc(F)cc(F)c1)c1ccnn1-c1ccccc1. The molecule has 2 N–H and O–H groups in total. The molecule has 1 unspecified atom stereocenters. The molecule has 3 rings (SSSR count). The number of para-hydroxylation sites is 1. The fourth-order valence-electron chi connectivity index (χ4n) is 2.26. The van der Waals surface area contributed by atoms with Crippen LogP contribution in [0.15, 0.2) is 60.8 Å². The Bertz CT molecular complexity index is 733. The summed E-state index contributed by atoms with van der Waals surface area (Å²) in [6.45, 7) is 0. The maximum atomic E-state index is 13.3. The summed E-state index contributed by atoms with van der Waals surface area (Å²) < 4.78 is 28.3. The van der Waals surface area contributed by atoms with Crippen molar-refractivity contribution in [1.82, 2.24) is 9.78 Å². The summed E-state index contributed by atoms with van der Waals surface area (Å²) in [6, 6.07) is 13.8. The minimum absolute atomic E-state index is 0.366. The van der Waals surface area contributed by atoms with Gasteiger partial charge < -0.3 is 5.73 Å². The van der Waals surface area contributed by atoms with Gasteiger partial charge in [-0.1, -0.05) is 18.2 Å². The van der Waals surface area contributed by atoms with E-state index in [2.05, 4.69) is 5.10 Å². The molecule has 3 nitrogen and oxygen atoms in total. The molecular weight excluding hydrogens is 272 g/mol. The first kappa shape index (κ1) is 13.5. The van der Waals surface area contributed by atoms with E-state index in [9.17, 15) is 8.78 Å². The van der Waals surface area contributed by atoms with Gasteiger partial charge in [-0.05, 0) is 35.9 Å². The summed E-state index contributed by atoms with van der Waals surface area (Å²) in [7, 11) is 0. The van der Waals surface area contributed by atoms with Gasteiger partial charge in [-0.2, -0.15) is 5.10 Å². The van der Waals surface area contributed by atoms with E-state index in [1.54, 1.807) is 16.9 Å². The van der Waals surface area contributed by atoms with Crippen molar-refractivity contribution in [2.75, 3.05) is 0 Å². The molecule has 0 bridgehead atoms. The molecule has 0 aliphatic heterocycles. The monoisotopic (exact) mass is 285 g/mol. The van der Waals surface area contributed by atoms with Gasteiger partial charge in [-0.3, -0.25) is 0 Å². The number of benzene rings is 2. The molecular formula is C16H13F2N3. The van der Waals surface area contributed by atoms with Crippen molar-refractivity contribution in [1.29, 1.82) is 0 Å². The normalized spacial score (nSPS) is 12.3. The van der Waals surface area contributed by atoms with Gasteiger partial charge in [0.2, 0.25) is 0 Å². The minimum Gasteiger partial charge on any atom is -0.319 e. The molecule has 1 heterocycles. The number of hydrogen-bond donors (Lipinski definition) is 1. The van der Waals surface area contributed by atoms with Crippen molar-refractivity contribution < 1.29 is 8.78 Å². The molecule has 2 aromatic carbocycles. The van der Waals surface area contributed by atoms with Gasteiger partial charge in [0.05, 0.1) is 17.4 Å². The number of nitrogens with zero attached hydrogens (tertiary/aromatic N) is 2. The Morgan fingerprint density at radius 3 is 2.29 bits per heavy atom. The molecule has 0 saturated heterocycles. The molecule has 106 valence electrons. The third-order valence-corrected chi connectivity index (χ3v) is 3.24. The van der Waals surface area contributed by atoms with Gasteiger partial charge in [0.15, 0.2) is 0 Å². The van der Waals surface area contributed by atoms with Gasteiger partial charge in [0, 0.05) is 12.3 Å². The predicted molar refractivity (Wildman–Crippen MR) is 76.0 cm³/mol. The topological polar surface area (TPSA) is 43.8 Å². The van der Waals surface area contributed by atoms with Crippen molar-refractivity contribution in [3.63, 3.8) is 0 Å². The van der Waals surface area contributed by atoms with Crippen LogP contribution in [0.5, 0.6) is 0 Å².